The van der Waals surface area contributed by atoms with Gasteiger partial charge in [0.2, 0.25) is 0 Å². The minimum atomic E-state index is -4.26. The van der Waals surface area contributed by atoms with Crippen LogP contribution in [0, 0.1) is 0 Å². The van der Waals surface area contributed by atoms with Gasteiger partial charge < -0.3 is 20.9 Å². The highest BCUT2D eigenvalue weighted by molar-refractivity contribution is 5.85. The van der Waals surface area contributed by atoms with Crippen LogP contribution in [-0.4, -0.2) is 52.4 Å². The van der Waals surface area contributed by atoms with E-state index in [9.17, 15) is 13.2 Å². The zero-order chi connectivity index (χ0) is 15.8. The molecular weight excluding hydrogens is 329 g/mol. The minimum absolute atomic E-state index is 0. The number of alkyl halides is 3. The molecule has 0 aromatic heterocycles. The van der Waals surface area contributed by atoms with Gasteiger partial charge in [0.15, 0.2) is 0 Å². The lowest BCUT2D eigenvalue weighted by Crippen LogP contribution is -2.43. The monoisotopic (exact) mass is 352 g/mol. The number of halogens is 4. The Bertz CT molecular complexity index is 435. The van der Waals surface area contributed by atoms with E-state index in [2.05, 4.69) is 16.0 Å². The van der Waals surface area contributed by atoms with E-state index in [1.54, 1.807) is 6.07 Å². The lowest BCUT2D eigenvalue weighted by Gasteiger charge is -2.29. The van der Waals surface area contributed by atoms with Crippen LogP contribution in [0.5, 0.6) is 0 Å². The number of nitrogens with zero attached hydrogens (tertiary/aromatic N) is 1. The molecule has 0 unspecified atom stereocenters. The first-order valence-corrected chi connectivity index (χ1v) is 7.62. The minimum Gasteiger partial charge on any atom is -0.369 e. The van der Waals surface area contributed by atoms with Crippen LogP contribution in [0.25, 0.3) is 0 Å². The molecule has 0 amide bonds. The molecule has 0 atom stereocenters. The molecule has 23 heavy (non-hydrogen) atoms. The first-order valence-electron chi connectivity index (χ1n) is 7.62. The normalized spacial score (nSPS) is 18.5. The van der Waals surface area contributed by atoms with Gasteiger partial charge in [-0.3, -0.25) is 0 Å². The number of piperazine rings is 2. The number of benzene rings is 1. The third-order valence-electron chi connectivity index (χ3n) is 3.61. The predicted octanol–water partition coefficient (Wildman–Crippen LogP) is 1.72. The average molecular weight is 353 g/mol. The molecule has 2 aliphatic rings. The summed E-state index contributed by atoms with van der Waals surface area (Å²) in [6.45, 7) is 7.69. The highest BCUT2D eigenvalue weighted by Crippen LogP contribution is 2.31. The zero-order valence-corrected chi connectivity index (χ0v) is 13.8. The summed E-state index contributed by atoms with van der Waals surface area (Å²) in [6, 6.07) is 5.50. The van der Waals surface area contributed by atoms with Crippen LogP contribution in [0.2, 0.25) is 0 Å². The van der Waals surface area contributed by atoms with Crippen LogP contribution in [0.3, 0.4) is 0 Å². The van der Waals surface area contributed by atoms with Crippen molar-refractivity contribution in [1.29, 1.82) is 0 Å². The molecule has 2 heterocycles. The molecule has 2 saturated heterocycles. The largest absolute Gasteiger partial charge is 0.416 e. The van der Waals surface area contributed by atoms with E-state index in [0.29, 0.717) is 5.69 Å². The summed E-state index contributed by atoms with van der Waals surface area (Å²) in [5.74, 6) is 0. The van der Waals surface area contributed by atoms with Gasteiger partial charge in [0.1, 0.15) is 0 Å². The molecular formula is C15H24ClF3N4. The van der Waals surface area contributed by atoms with E-state index in [1.807, 2.05) is 4.90 Å². The molecule has 0 saturated carbocycles. The first-order chi connectivity index (χ1) is 10.6. The maximum absolute atomic E-state index is 12.5. The van der Waals surface area contributed by atoms with Crippen molar-refractivity contribution in [2.45, 2.75) is 6.18 Å². The highest BCUT2D eigenvalue weighted by atomic mass is 35.5. The van der Waals surface area contributed by atoms with Crippen molar-refractivity contribution in [2.75, 3.05) is 57.3 Å². The van der Waals surface area contributed by atoms with Crippen molar-refractivity contribution >= 4 is 18.1 Å². The van der Waals surface area contributed by atoms with Crippen LogP contribution >= 0.6 is 12.4 Å². The van der Waals surface area contributed by atoms with Crippen molar-refractivity contribution in [3.8, 4) is 0 Å². The van der Waals surface area contributed by atoms with E-state index in [1.165, 1.54) is 12.1 Å². The number of hydrogen-bond acceptors (Lipinski definition) is 4. The number of anilines is 1. The van der Waals surface area contributed by atoms with Crippen molar-refractivity contribution in [3.05, 3.63) is 29.8 Å². The Morgan fingerprint density at radius 3 is 1.83 bits per heavy atom. The van der Waals surface area contributed by atoms with Crippen molar-refractivity contribution < 1.29 is 13.2 Å². The molecule has 2 aliphatic heterocycles. The molecule has 0 bridgehead atoms. The van der Waals surface area contributed by atoms with Gasteiger partial charge in [-0.2, -0.15) is 13.2 Å². The van der Waals surface area contributed by atoms with Crippen molar-refractivity contribution in [1.82, 2.24) is 16.0 Å². The zero-order valence-electron chi connectivity index (χ0n) is 13.0. The van der Waals surface area contributed by atoms with Crippen molar-refractivity contribution in [3.63, 3.8) is 0 Å². The summed E-state index contributed by atoms with van der Waals surface area (Å²) in [5, 5.41) is 9.61. The Kier molecular flexibility index (Phi) is 8.68. The van der Waals surface area contributed by atoms with E-state index >= 15 is 0 Å². The molecule has 0 aliphatic carbocycles. The quantitative estimate of drug-likeness (QED) is 0.719. The fourth-order valence-corrected chi connectivity index (χ4v) is 2.41. The molecule has 4 nitrogen and oxygen atoms in total. The summed E-state index contributed by atoms with van der Waals surface area (Å²) in [7, 11) is 0. The van der Waals surface area contributed by atoms with Crippen LogP contribution < -0.4 is 20.9 Å². The summed E-state index contributed by atoms with van der Waals surface area (Å²) < 4.78 is 37.5. The molecule has 132 valence electrons. The second-order valence-electron chi connectivity index (χ2n) is 5.29. The maximum atomic E-state index is 12.5. The van der Waals surface area contributed by atoms with Gasteiger partial charge in [0.25, 0.3) is 0 Å². The molecule has 3 N–H and O–H groups in total. The summed E-state index contributed by atoms with van der Waals surface area (Å²) in [5.41, 5.74) is 0.0693. The van der Waals surface area contributed by atoms with Gasteiger partial charge in [-0.25, -0.2) is 0 Å². The van der Waals surface area contributed by atoms with Gasteiger partial charge in [0.05, 0.1) is 5.56 Å². The molecule has 1 aromatic rings. The Labute approximate surface area is 141 Å². The molecule has 1 aromatic carbocycles. The SMILES string of the molecule is C1CNCCN1.Cl.FC(F)(F)c1cccc(N2CCNCC2)c1. The third-order valence-corrected chi connectivity index (χ3v) is 3.61. The first kappa shape index (κ1) is 20.0. The second kappa shape index (κ2) is 9.97. The molecule has 3 rings (SSSR count). The van der Waals surface area contributed by atoms with Crippen molar-refractivity contribution in [2.24, 2.45) is 0 Å². The second-order valence-corrected chi connectivity index (χ2v) is 5.29. The highest BCUT2D eigenvalue weighted by Gasteiger charge is 2.30. The van der Waals surface area contributed by atoms with Gasteiger partial charge in [0, 0.05) is 58.0 Å². The Morgan fingerprint density at radius 1 is 0.826 bits per heavy atom. The third kappa shape index (κ3) is 6.95. The maximum Gasteiger partial charge on any atom is 0.416 e. The van der Waals surface area contributed by atoms with Gasteiger partial charge in [-0.1, -0.05) is 6.07 Å². The smallest absolute Gasteiger partial charge is 0.369 e. The van der Waals surface area contributed by atoms with E-state index < -0.39 is 11.7 Å². The fraction of sp³-hybridized carbons (Fsp3) is 0.600. The van der Waals surface area contributed by atoms with Gasteiger partial charge in [-0.15, -0.1) is 12.4 Å². The predicted molar refractivity (Wildman–Crippen MR) is 89.5 cm³/mol. The number of hydrogen-bond donors (Lipinski definition) is 3. The van der Waals surface area contributed by atoms with E-state index in [4.69, 9.17) is 0 Å². The van der Waals surface area contributed by atoms with E-state index in [-0.39, 0.29) is 12.4 Å². The Balaban J connectivity index is 0.000000320. The summed E-state index contributed by atoms with van der Waals surface area (Å²) in [4.78, 5) is 1.96. The number of rotatable bonds is 1. The standard InChI is InChI=1S/C11H13F3N2.C4H10N2.ClH/c12-11(13,14)9-2-1-3-10(8-9)16-6-4-15-5-7-16;1-2-6-4-3-5-1;/h1-3,8,15H,4-7H2;5-6H,1-4H2;1H. The summed E-state index contributed by atoms with van der Waals surface area (Å²) in [6.07, 6.45) is -4.26. The van der Waals surface area contributed by atoms with Crippen LogP contribution in [-0.2, 0) is 6.18 Å². The molecule has 0 radical (unpaired) electrons. The van der Waals surface area contributed by atoms with Gasteiger partial charge >= 0.3 is 6.18 Å². The lowest BCUT2D eigenvalue weighted by atomic mass is 10.1. The molecule has 0 spiro atoms. The average Bonchev–Trinajstić information content (AvgIpc) is 2.57. The molecule has 2 fully saturated rings. The van der Waals surface area contributed by atoms with E-state index in [0.717, 1.165) is 58.4 Å². The van der Waals surface area contributed by atoms with Gasteiger partial charge in [-0.05, 0) is 18.2 Å². The number of nitrogens with one attached hydrogen (secondary N) is 3. The fourth-order valence-electron chi connectivity index (χ4n) is 2.41. The molecule has 8 heteroatoms. The lowest BCUT2D eigenvalue weighted by molar-refractivity contribution is -0.137. The Morgan fingerprint density at radius 2 is 1.35 bits per heavy atom. The van der Waals surface area contributed by atoms with Crippen LogP contribution in [0.4, 0.5) is 18.9 Å². The van der Waals surface area contributed by atoms with Crippen LogP contribution in [0.15, 0.2) is 24.3 Å². The topological polar surface area (TPSA) is 39.3 Å². The Hall–Kier alpha value is -1.02. The van der Waals surface area contributed by atoms with Crippen LogP contribution in [0.1, 0.15) is 5.56 Å². The summed E-state index contributed by atoms with van der Waals surface area (Å²) >= 11 is 0.